The molecule has 39 heavy (non-hydrogen) atoms. The molecule has 0 amide bonds. The van der Waals surface area contributed by atoms with Crippen LogP contribution in [0, 0.1) is 0 Å². The first-order valence-electron chi connectivity index (χ1n) is 12.2. The Morgan fingerprint density at radius 1 is 0.641 bits per heavy atom. The van der Waals surface area contributed by atoms with Gasteiger partial charge in [-0.2, -0.15) is 0 Å². The second kappa shape index (κ2) is 13.6. The maximum atomic E-state index is 10.8. The van der Waals surface area contributed by atoms with E-state index in [1.165, 1.54) is 39.0 Å². The molecule has 0 aliphatic rings. The summed E-state index contributed by atoms with van der Waals surface area (Å²) >= 11 is 0. The van der Waals surface area contributed by atoms with Gasteiger partial charge in [0.15, 0.2) is 14.7 Å². The van der Waals surface area contributed by atoms with Crippen LogP contribution in [0.2, 0.25) is 0 Å². The Morgan fingerprint density at radius 3 is 1.46 bits per heavy atom. The molecule has 0 aromatic heterocycles. The molecule has 0 aliphatic carbocycles. The minimum absolute atomic E-state index is 0.0146. The van der Waals surface area contributed by atoms with Crippen LogP contribution in [0.15, 0.2) is 166 Å². The molecule has 0 N–H and O–H groups in total. The molecule has 0 spiro atoms. The molecule has 0 saturated heterocycles. The second-order valence-electron chi connectivity index (χ2n) is 8.41. The maximum absolute atomic E-state index is 10.8. The summed E-state index contributed by atoms with van der Waals surface area (Å²) in [6.07, 6.45) is 1.76. The van der Waals surface area contributed by atoms with Gasteiger partial charge in [0.05, 0.1) is 15.8 Å². The number of ether oxygens (including phenoxy) is 1. The molecule has 0 bridgehead atoms. The van der Waals surface area contributed by atoms with Crippen molar-refractivity contribution < 1.29 is 17.7 Å². The van der Waals surface area contributed by atoms with Crippen molar-refractivity contribution in [3.8, 4) is 5.75 Å². The molecule has 4 nitrogen and oxygen atoms in total. The zero-order valence-electron chi connectivity index (χ0n) is 21.2. The van der Waals surface area contributed by atoms with Crippen LogP contribution in [0.25, 0.3) is 6.08 Å². The van der Waals surface area contributed by atoms with Crippen LogP contribution in [0.1, 0.15) is 11.1 Å². The molecular weight excluding hydrogens is 524 g/mol. The molecule has 196 valence electrons. The molecule has 5 rings (SSSR count). The number of hydrogen-bond donors (Lipinski definition) is 0. The van der Waals surface area contributed by atoms with Crippen LogP contribution in [-0.2, 0) is 27.6 Å². The lowest BCUT2D eigenvalue weighted by atomic mass is 10.1. The summed E-state index contributed by atoms with van der Waals surface area (Å²) < 4.78 is 37.8. The maximum Gasteiger partial charge on any atom is 0.166 e. The van der Waals surface area contributed by atoms with E-state index in [-0.39, 0.29) is 15.8 Å². The quantitative estimate of drug-likeness (QED) is 0.147. The molecular formula is C33H28O4S2. The van der Waals surface area contributed by atoms with E-state index in [9.17, 15) is 13.0 Å². The number of benzene rings is 5. The highest BCUT2D eigenvalue weighted by atomic mass is 32.2. The van der Waals surface area contributed by atoms with Gasteiger partial charge in [-0.15, -0.1) is 0 Å². The van der Waals surface area contributed by atoms with Crippen LogP contribution in [-0.4, -0.2) is 13.0 Å². The van der Waals surface area contributed by atoms with Crippen LogP contribution >= 0.6 is 0 Å². The Morgan fingerprint density at radius 2 is 1.08 bits per heavy atom. The fourth-order valence-electron chi connectivity index (χ4n) is 3.70. The monoisotopic (exact) mass is 552 g/mol. The zero-order valence-corrected chi connectivity index (χ0v) is 22.9. The Bertz CT molecular complexity index is 1460. The van der Waals surface area contributed by atoms with Gasteiger partial charge in [-0.3, -0.25) is 0 Å². The summed E-state index contributed by atoms with van der Waals surface area (Å²) in [7, 11) is -4.42. The molecule has 0 unspecified atom stereocenters. The first-order valence-corrected chi connectivity index (χ1v) is 14.9. The van der Waals surface area contributed by atoms with Gasteiger partial charge < -0.3 is 9.29 Å². The Hall–Kier alpha value is -4.10. The van der Waals surface area contributed by atoms with Crippen molar-refractivity contribution in [2.24, 2.45) is 0 Å². The third-order valence-electron chi connectivity index (χ3n) is 5.67. The van der Waals surface area contributed by atoms with E-state index in [0.29, 0.717) is 12.4 Å². The molecule has 0 heterocycles. The highest BCUT2D eigenvalue weighted by molar-refractivity contribution is 7.97. The highest BCUT2D eigenvalue weighted by Crippen LogP contribution is 2.30. The lowest BCUT2D eigenvalue weighted by molar-refractivity contribution is 0.306. The van der Waals surface area contributed by atoms with Crippen LogP contribution in [0.3, 0.4) is 0 Å². The summed E-state index contributed by atoms with van der Waals surface area (Å²) in [5, 5.41) is 0. The third-order valence-corrected chi connectivity index (χ3v) is 8.75. The van der Waals surface area contributed by atoms with Gasteiger partial charge in [-0.1, -0.05) is 91.5 Å². The summed E-state index contributed by atoms with van der Waals surface area (Å²) in [6.45, 7) is 4.04. The van der Waals surface area contributed by atoms with Crippen molar-refractivity contribution in [3.05, 3.63) is 157 Å². The molecule has 0 aliphatic heterocycles. The van der Waals surface area contributed by atoms with Crippen molar-refractivity contribution in [1.82, 2.24) is 0 Å². The van der Waals surface area contributed by atoms with Gasteiger partial charge in [0, 0.05) is 0 Å². The lowest BCUT2D eigenvalue weighted by Gasteiger charge is -2.09. The molecule has 0 saturated carbocycles. The normalized spacial score (nSPS) is 10.8. The summed E-state index contributed by atoms with van der Waals surface area (Å²) in [5.41, 5.74) is 2.01. The van der Waals surface area contributed by atoms with Gasteiger partial charge in [-0.25, -0.2) is 8.42 Å². The van der Waals surface area contributed by atoms with Gasteiger partial charge in [0.1, 0.15) is 22.5 Å². The summed E-state index contributed by atoms with van der Waals surface area (Å²) in [4.78, 5) is 3.82. The highest BCUT2D eigenvalue weighted by Gasteiger charge is 2.27. The van der Waals surface area contributed by atoms with Crippen LogP contribution in [0.5, 0.6) is 5.75 Å². The van der Waals surface area contributed by atoms with E-state index in [4.69, 9.17) is 4.74 Å². The van der Waals surface area contributed by atoms with E-state index >= 15 is 0 Å². The summed E-state index contributed by atoms with van der Waals surface area (Å²) in [5.74, 6) is 0.505. The minimum Gasteiger partial charge on any atom is -0.744 e. The van der Waals surface area contributed by atoms with E-state index in [1.807, 2.05) is 24.3 Å². The Balaban J connectivity index is 0.000000181. The van der Waals surface area contributed by atoms with E-state index in [1.54, 1.807) is 6.08 Å². The minimum atomic E-state index is -4.41. The van der Waals surface area contributed by atoms with E-state index in [0.717, 1.165) is 11.1 Å². The first-order chi connectivity index (χ1) is 18.9. The predicted molar refractivity (Wildman–Crippen MR) is 157 cm³/mol. The average Bonchev–Trinajstić information content (AvgIpc) is 2.98. The molecule has 0 atom stereocenters. The predicted octanol–water partition coefficient (Wildman–Crippen LogP) is 7.59. The fraction of sp³-hybridized carbons (Fsp3) is 0.0303. The number of rotatable bonds is 8. The molecule has 0 radical (unpaired) electrons. The fourth-order valence-corrected chi connectivity index (χ4v) is 6.27. The number of hydrogen-bond acceptors (Lipinski definition) is 4. The van der Waals surface area contributed by atoms with Gasteiger partial charge in [0.2, 0.25) is 0 Å². The van der Waals surface area contributed by atoms with Gasteiger partial charge in [-0.05, 0) is 71.8 Å². The largest absolute Gasteiger partial charge is 0.744 e. The van der Waals surface area contributed by atoms with Crippen LogP contribution in [0.4, 0.5) is 0 Å². The topological polar surface area (TPSA) is 66.4 Å². The van der Waals surface area contributed by atoms with Crippen molar-refractivity contribution in [1.29, 1.82) is 0 Å². The van der Waals surface area contributed by atoms with Crippen LogP contribution < -0.4 is 4.74 Å². The molecule has 5 aromatic carbocycles. The summed E-state index contributed by atoms with van der Waals surface area (Å²) in [6, 6.07) is 45.3. The van der Waals surface area contributed by atoms with Gasteiger partial charge in [0.25, 0.3) is 0 Å². The molecule has 5 aromatic rings. The molecule has 0 fully saturated rings. The van der Waals surface area contributed by atoms with E-state index < -0.39 is 10.1 Å². The van der Waals surface area contributed by atoms with Gasteiger partial charge >= 0.3 is 0 Å². The average molecular weight is 553 g/mol. The van der Waals surface area contributed by atoms with Crippen molar-refractivity contribution in [3.63, 3.8) is 0 Å². The first kappa shape index (κ1) is 27.9. The third kappa shape index (κ3) is 8.19. The van der Waals surface area contributed by atoms with Crippen molar-refractivity contribution in [2.75, 3.05) is 0 Å². The van der Waals surface area contributed by atoms with Crippen molar-refractivity contribution in [2.45, 2.75) is 26.2 Å². The Kier molecular flexibility index (Phi) is 9.75. The van der Waals surface area contributed by atoms with Crippen molar-refractivity contribution >= 4 is 27.1 Å². The lowest BCUT2D eigenvalue weighted by Crippen LogP contribution is -2.04. The smallest absolute Gasteiger partial charge is 0.166 e. The standard InChI is InChI=1S/C18H15S.C15H14O4S/c1-4-10-16(11-5-1)19(17-12-6-2-7-13-17)18-14-8-3-9-15-18;1-2-12-3-5-13(6-4-12)11-19-14-7-9-15(10-8-14)20(16,17)18/h1-15H;2-10H,1,11H2,(H,16,17,18)/q+1;/p-1. The second-order valence-corrected chi connectivity index (χ2v) is 11.8. The molecule has 6 heteroatoms. The van der Waals surface area contributed by atoms with E-state index in [2.05, 4.69) is 97.6 Å². The zero-order chi connectivity index (χ0) is 27.5. The SMILES string of the molecule is C=Cc1ccc(COc2ccc(S(=O)(=O)[O-])cc2)cc1.c1ccc([S+](c2ccccc2)c2ccccc2)cc1. The Labute approximate surface area is 233 Å².